The van der Waals surface area contributed by atoms with E-state index in [1.165, 1.54) is 0 Å². The number of rotatable bonds is 5. The lowest BCUT2D eigenvalue weighted by molar-refractivity contribution is -0.113. The summed E-state index contributed by atoms with van der Waals surface area (Å²) in [6.45, 7) is 2.51. The van der Waals surface area contributed by atoms with Gasteiger partial charge in [-0.1, -0.05) is 84.9 Å². The Morgan fingerprint density at radius 2 is 1.48 bits per heavy atom. The molecule has 1 amide bonds. The quantitative estimate of drug-likeness (QED) is 0.326. The fourth-order valence-corrected chi connectivity index (χ4v) is 3.37. The zero-order chi connectivity index (χ0) is 20.1. The van der Waals surface area contributed by atoms with Crippen LogP contribution in [0.1, 0.15) is 18.1 Å². The molecule has 1 aliphatic carbocycles. The summed E-state index contributed by atoms with van der Waals surface area (Å²) in [5, 5.41) is 0. The molecule has 0 fully saturated rings. The molecule has 2 aliphatic rings. The van der Waals surface area contributed by atoms with Gasteiger partial charge in [0.05, 0.1) is 5.69 Å². The smallest absolute Gasteiger partial charge is 0.260 e. The predicted octanol–water partition coefficient (Wildman–Crippen LogP) is 5.78. The highest BCUT2D eigenvalue weighted by atomic mass is 16.2. The maximum absolute atomic E-state index is 13.6. The lowest BCUT2D eigenvalue weighted by atomic mass is 10.0. The van der Waals surface area contributed by atoms with Gasteiger partial charge in [-0.3, -0.25) is 9.69 Å². The fraction of sp³-hybridized carbons (Fsp3) is 0.0769. The van der Waals surface area contributed by atoms with Crippen molar-refractivity contribution >= 4 is 23.4 Å². The third kappa shape index (κ3) is 4.09. The van der Waals surface area contributed by atoms with Gasteiger partial charge < -0.3 is 0 Å². The van der Waals surface area contributed by atoms with Crippen molar-refractivity contribution in [2.45, 2.75) is 6.92 Å². The second-order valence-corrected chi connectivity index (χ2v) is 6.75. The molecule has 4 rings (SSSR count). The van der Waals surface area contributed by atoms with E-state index in [0.717, 1.165) is 22.4 Å². The van der Waals surface area contributed by atoms with Gasteiger partial charge in [0.15, 0.2) is 0 Å². The number of nitrogens with zero attached hydrogens (tertiary/aromatic N) is 2. The van der Waals surface area contributed by atoms with Gasteiger partial charge >= 0.3 is 0 Å². The molecule has 1 aliphatic heterocycles. The minimum atomic E-state index is -0.0604. The summed E-state index contributed by atoms with van der Waals surface area (Å²) in [7, 11) is 0. The Bertz CT molecular complexity index is 1070. The summed E-state index contributed by atoms with van der Waals surface area (Å²) >= 11 is 0. The zero-order valence-corrected chi connectivity index (χ0v) is 16.3. The van der Waals surface area contributed by atoms with Crippen LogP contribution >= 0.6 is 0 Å². The van der Waals surface area contributed by atoms with E-state index in [0.29, 0.717) is 17.9 Å². The summed E-state index contributed by atoms with van der Waals surface area (Å²) < 4.78 is 0. The van der Waals surface area contributed by atoms with E-state index in [2.05, 4.69) is 0 Å². The first-order chi connectivity index (χ1) is 14.3. The van der Waals surface area contributed by atoms with Crippen LogP contribution in [0.2, 0.25) is 0 Å². The average molecular weight is 378 g/mol. The normalized spacial score (nSPS) is 11.4. The lowest BCUT2D eigenvalue weighted by Crippen LogP contribution is -2.31. The van der Waals surface area contributed by atoms with Gasteiger partial charge in [0.1, 0.15) is 5.82 Å². The van der Waals surface area contributed by atoms with Crippen LogP contribution in [0.25, 0.3) is 22.9 Å². The number of hydrogen-bond acceptors (Lipinski definition) is 2. The second kappa shape index (κ2) is 8.53. The number of hydrogen-bond donors (Lipinski definition) is 0. The Labute approximate surface area is 171 Å². The number of fused-ring (bicyclic) bond motifs is 1. The van der Waals surface area contributed by atoms with Crippen LogP contribution in [0, 0.1) is 0 Å². The molecule has 0 unspecified atom stereocenters. The maximum Gasteiger partial charge on any atom is 0.260 e. The molecule has 0 saturated carbocycles. The van der Waals surface area contributed by atoms with Crippen molar-refractivity contribution in [2.75, 3.05) is 11.4 Å². The molecule has 0 N–H and O–H groups in total. The van der Waals surface area contributed by atoms with E-state index in [1.807, 2.05) is 110 Å². The number of benzene rings is 2. The van der Waals surface area contributed by atoms with Crippen molar-refractivity contribution < 1.29 is 4.79 Å². The monoisotopic (exact) mass is 378 g/mol. The molecule has 29 heavy (non-hydrogen) atoms. The van der Waals surface area contributed by atoms with Crippen molar-refractivity contribution in [2.24, 2.45) is 0 Å². The molecule has 0 aromatic heterocycles. The van der Waals surface area contributed by atoms with Crippen LogP contribution < -0.4 is 4.90 Å². The third-order valence-electron chi connectivity index (χ3n) is 4.83. The summed E-state index contributed by atoms with van der Waals surface area (Å²) in [5.41, 5.74) is 4.43. The number of likely N-dealkylation sites (N-methyl/N-ethyl adjacent to an activating group) is 1. The number of aromatic nitrogens is 1. The van der Waals surface area contributed by atoms with E-state index in [-0.39, 0.29) is 5.91 Å². The SMILES string of the molecule is CCN(C(=O)/C(=C/c1ccccc1)c1ccccc1)c1cc2cccccc-2n1. The van der Waals surface area contributed by atoms with Crippen LogP contribution in [0.3, 0.4) is 0 Å². The Morgan fingerprint density at radius 1 is 0.862 bits per heavy atom. The van der Waals surface area contributed by atoms with Crippen LogP contribution in [0.4, 0.5) is 5.82 Å². The van der Waals surface area contributed by atoms with E-state index in [1.54, 1.807) is 4.90 Å². The Balaban J connectivity index is 1.78. The van der Waals surface area contributed by atoms with Crippen molar-refractivity contribution in [1.29, 1.82) is 0 Å². The molecule has 2 aromatic rings. The highest BCUT2D eigenvalue weighted by Gasteiger charge is 2.23. The number of anilines is 1. The molecule has 0 radical (unpaired) electrons. The second-order valence-electron chi connectivity index (χ2n) is 6.75. The van der Waals surface area contributed by atoms with Gasteiger partial charge in [0.25, 0.3) is 5.91 Å². The average Bonchev–Trinajstić information content (AvgIpc) is 3.03. The number of amides is 1. The first-order valence-corrected chi connectivity index (χ1v) is 9.76. The molecular weight excluding hydrogens is 356 g/mol. The number of carbonyl (C=O) groups excluding carboxylic acids is 1. The van der Waals surface area contributed by atoms with Crippen molar-refractivity contribution in [1.82, 2.24) is 4.98 Å². The first kappa shape index (κ1) is 18.6. The van der Waals surface area contributed by atoms with E-state index in [9.17, 15) is 4.79 Å². The van der Waals surface area contributed by atoms with E-state index < -0.39 is 0 Å². The van der Waals surface area contributed by atoms with E-state index in [4.69, 9.17) is 4.98 Å². The van der Waals surface area contributed by atoms with Crippen LogP contribution in [0.5, 0.6) is 0 Å². The van der Waals surface area contributed by atoms with Crippen LogP contribution in [-0.2, 0) is 4.79 Å². The van der Waals surface area contributed by atoms with Crippen molar-refractivity contribution in [3.63, 3.8) is 0 Å². The third-order valence-corrected chi connectivity index (χ3v) is 4.83. The minimum Gasteiger partial charge on any atom is -0.293 e. The molecule has 0 saturated heterocycles. The molecule has 142 valence electrons. The summed E-state index contributed by atoms with van der Waals surface area (Å²) in [6, 6.07) is 31.6. The summed E-state index contributed by atoms with van der Waals surface area (Å²) in [6.07, 6.45) is 1.95. The Hall–Kier alpha value is -3.72. The zero-order valence-electron chi connectivity index (χ0n) is 16.3. The highest BCUT2D eigenvalue weighted by molar-refractivity contribution is 6.30. The molecule has 3 nitrogen and oxygen atoms in total. The molecule has 2 aromatic carbocycles. The molecule has 0 atom stereocenters. The summed E-state index contributed by atoms with van der Waals surface area (Å²) in [5.74, 6) is 0.614. The molecule has 3 heteroatoms. The van der Waals surface area contributed by atoms with Crippen molar-refractivity contribution in [3.8, 4) is 11.3 Å². The molecular formula is C26H22N2O. The maximum atomic E-state index is 13.6. The number of carbonyl (C=O) groups is 1. The largest absolute Gasteiger partial charge is 0.293 e. The van der Waals surface area contributed by atoms with Crippen LogP contribution in [-0.4, -0.2) is 17.4 Å². The standard InChI is InChI=1S/C26H22N2O/c1-2-28(25-19-22-16-10-5-11-17-24(22)27-25)26(29)23(21-14-8-4-9-15-21)18-20-12-6-3-7-13-20/h3-19H,2H2,1H3/b23-18+. The van der Waals surface area contributed by atoms with E-state index >= 15 is 0 Å². The fourth-order valence-electron chi connectivity index (χ4n) is 3.37. The highest BCUT2D eigenvalue weighted by Crippen LogP contribution is 2.29. The van der Waals surface area contributed by atoms with Crippen LogP contribution in [0.15, 0.2) is 97.1 Å². The topological polar surface area (TPSA) is 33.2 Å². The molecule has 0 bridgehead atoms. The van der Waals surface area contributed by atoms with Crippen molar-refractivity contribution in [3.05, 3.63) is 108 Å². The predicted molar refractivity (Wildman–Crippen MR) is 120 cm³/mol. The Morgan fingerprint density at radius 3 is 2.17 bits per heavy atom. The molecule has 0 spiro atoms. The van der Waals surface area contributed by atoms with Gasteiger partial charge in [0.2, 0.25) is 0 Å². The van der Waals surface area contributed by atoms with Gasteiger partial charge in [-0.25, -0.2) is 4.98 Å². The van der Waals surface area contributed by atoms with Gasteiger partial charge in [-0.05, 0) is 36.3 Å². The molecule has 1 heterocycles. The van der Waals surface area contributed by atoms with Gasteiger partial charge in [-0.2, -0.15) is 0 Å². The van der Waals surface area contributed by atoms with Gasteiger partial charge in [0, 0.05) is 17.7 Å². The summed E-state index contributed by atoms with van der Waals surface area (Å²) in [4.78, 5) is 20.1. The lowest BCUT2D eigenvalue weighted by Gasteiger charge is -2.20. The first-order valence-electron chi connectivity index (χ1n) is 9.76. The minimum absolute atomic E-state index is 0.0604. The Kier molecular flexibility index (Phi) is 5.48. The van der Waals surface area contributed by atoms with Gasteiger partial charge in [-0.15, -0.1) is 0 Å².